The van der Waals surface area contributed by atoms with Gasteiger partial charge in [-0.1, -0.05) is 11.2 Å². The Bertz CT molecular complexity index is 853. The molecule has 0 spiro atoms. The Morgan fingerprint density at radius 2 is 2.17 bits per heavy atom. The molecule has 0 fully saturated rings. The fourth-order valence-corrected chi connectivity index (χ4v) is 3.07. The number of hydrogen-bond donors (Lipinski definition) is 3. The third-order valence-electron chi connectivity index (χ3n) is 4.14. The summed E-state index contributed by atoms with van der Waals surface area (Å²) in [5.41, 5.74) is 4.76. The number of benzene rings is 1. The molecule has 0 saturated heterocycles. The number of aromatic nitrogens is 1. The van der Waals surface area contributed by atoms with E-state index in [0.717, 1.165) is 39.9 Å². The van der Waals surface area contributed by atoms with Crippen LogP contribution in [-0.4, -0.2) is 34.6 Å². The molecule has 0 aliphatic heterocycles. The van der Waals surface area contributed by atoms with Crippen LogP contribution in [0, 0.1) is 0 Å². The molecule has 3 N–H and O–H groups in total. The van der Waals surface area contributed by atoms with E-state index in [1.54, 1.807) is 0 Å². The first-order valence-electron chi connectivity index (χ1n) is 7.54. The van der Waals surface area contributed by atoms with Crippen LogP contribution in [0.3, 0.4) is 0 Å². The first-order chi connectivity index (χ1) is 11.5. The van der Waals surface area contributed by atoms with Gasteiger partial charge in [0.25, 0.3) is 0 Å². The highest BCUT2D eigenvalue weighted by Gasteiger charge is 2.26. The molecule has 0 saturated carbocycles. The summed E-state index contributed by atoms with van der Waals surface area (Å²) in [5, 5.41) is 18.5. The summed E-state index contributed by atoms with van der Waals surface area (Å²) in [7, 11) is 3.42. The number of aryl methyl sites for hydroxylation is 2. The highest BCUT2D eigenvalue weighted by atomic mass is 16.7. The van der Waals surface area contributed by atoms with Gasteiger partial charge in [0.1, 0.15) is 5.71 Å². The minimum atomic E-state index is -1.05. The average Bonchev–Trinajstić information content (AvgIpc) is 3.11. The molecule has 24 heavy (non-hydrogen) atoms. The third-order valence-corrected chi connectivity index (χ3v) is 4.14. The zero-order valence-electron chi connectivity index (χ0n) is 13.4. The molecule has 8 heteroatoms. The quantitative estimate of drug-likeness (QED) is 0.591. The van der Waals surface area contributed by atoms with E-state index in [1.807, 2.05) is 29.8 Å². The van der Waals surface area contributed by atoms with E-state index < -0.39 is 12.2 Å². The van der Waals surface area contributed by atoms with Gasteiger partial charge in [0.05, 0.1) is 5.69 Å². The molecule has 1 aromatic heterocycles. The highest BCUT2D eigenvalue weighted by Crippen LogP contribution is 2.33. The number of fused-ring (bicyclic) bond motifs is 3. The molecule has 126 valence electrons. The van der Waals surface area contributed by atoms with Crippen molar-refractivity contribution in [3.05, 3.63) is 35.0 Å². The summed E-state index contributed by atoms with van der Waals surface area (Å²) in [6.45, 7) is 0.260. The van der Waals surface area contributed by atoms with Crippen molar-refractivity contribution in [3.63, 3.8) is 0 Å². The number of carboxylic acid groups (broad SMARTS) is 1. The molecule has 0 bridgehead atoms. The van der Waals surface area contributed by atoms with E-state index >= 15 is 0 Å². The second-order valence-corrected chi connectivity index (χ2v) is 5.56. The van der Waals surface area contributed by atoms with Crippen LogP contribution in [0.15, 0.2) is 23.4 Å². The minimum absolute atomic E-state index is 0.260. The molecule has 2 aromatic rings. The maximum atomic E-state index is 11.2. The zero-order valence-corrected chi connectivity index (χ0v) is 13.4. The summed E-state index contributed by atoms with van der Waals surface area (Å²) in [5.74, 6) is 0. The van der Waals surface area contributed by atoms with E-state index in [2.05, 4.69) is 15.8 Å². The van der Waals surface area contributed by atoms with Crippen LogP contribution in [0.1, 0.15) is 23.2 Å². The number of nitrogens with one attached hydrogen (secondary N) is 2. The highest BCUT2D eigenvalue weighted by molar-refractivity contribution is 6.09. The van der Waals surface area contributed by atoms with Crippen molar-refractivity contribution in [2.24, 2.45) is 12.2 Å². The van der Waals surface area contributed by atoms with Crippen molar-refractivity contribution >= 4 is 28.8 Å². The topological polar surface area (TPSA) is 105 Å². The molecule has 1 heterocycles. The summed E-state index contributed by atoms with van der Waals surface area (Å²) >= 11 is 0. The smallest absolute Gasteiger partial charge is 0.433 e. The molecule has 2 amide bonds. The number of carbonyl (C=O) groups is 2. The molecule has 0 atom stereocenters. The van der Waals surface area contributed by atoms with Gasteiger partial charge in [-0.15, -0.1) is 0 Å². The maximum absolute atomic E-state index is 11.2. The van der Waals surface area contributed by atoms with E-state index in [4.69, 9.17) is 9.94 Å². The Kier molecular flexibility index (Phi) is 4.11. The van der Waals surface area contributed by atoms with Gasteiger partial charge < -0.3 is 20.3 Å². The Morgan fingerprint density at radius 1 is 1.38 bits per heavy atom. The second kappa shape index (κ2) is 6.23. The fourth-order valence-electron chi connectivity index (χ4n) is 3.07. The number of hydrogen-bond acceptors (Lipinski definition) is 4. The molecule has 1 aliphatic rings. The Morgan fingerprint density at radius 3 is 2.88 bits per heavy atom. The molecule has 0 unspecified atom stereocenters. The Labute approximate surface area is 138 Å². The number of carbonyl (C=O) groups excluding carboxylic acids is 1. The lowest BCUT2D eigenvalue weighted by Gasteiger charge is -2.05. The van der Waals surface area contributed by atoms with Crippen molar-refractivity contribution < 1.29 is 19.5 Å². The van der Waals surface area contributed by atoms with Gasteiger partial charge in [-0.3, -0.25) is 4.84 Å². The molecule has 0 radical (unpaired) electrons. The van der Waals surface area contributed by atoms with Crippen LogP contribution in [0.25, 0.3) is 10.9 Å². The molecule has 1 aromatic carbocycles. The van der Waals surface area contributed by atoms with Gasteiger partial charge in [-0.05, 0) is 36.1 Å². The predicted molar refractivity (Wildman–Crippen MR) is 88.2 cm³/mol. The van der Waals surface area contributed by atoms with E-state index in [1.165, 1.54) is 7.05 Å². The van der Waals surface area contributed by atoms with Gasteiger partial charge in [0.2, 0.25) is 0 Å². The van der Waals surface area contributed by atoms with Crippen molar-refractivity contribution in [3.8, 4) is 0 Å². The lowest BCUT2D eigenvalue weighted by atomic mass is 10.1. The van der Waals surface area contributed by atoms with Crippen molar-refractivity contribution in [2.75, 3.05) is 7.05 Å². The molecule has 3 rings (SSSR count). The van der Waals surface area contributed by atoms with Crippen LogP contribution in [-0.2, 0) is 24.9 Å². The average molecular weight is 330 g/mol. The van der Waals surface area contributed by atoms with E-state index in [0.29, 0.717) is 6.42 Å². The summed E-state index contributed by atoms with van der Waals surface area (Å²) in [6.07, 6.45) is -0.146. The van der Waals surface area contributed by atoms with Gasteiger partial charge in [0, 0.05) is 31.5 Å². The number of nitrogens with zero attached hydrogens (tertiary/aromatic N) is 2. The second-order valence-electron chi connectivity index (χ2n) is 5.56. The lowest BCUT2D eigenvalue weighted by molar-refractivity contribution is 0.153. The minimum Gasteiger partial charge on any atom is -0.465 e. The first kappa shape index (κ1) is 15.9. The molecule has 8 nitrogen and oxygen atoms in total. The van der Waals surface area contributed by atoms with Gasteiger partial charge in [0.15, 0.2) is 0 Å². The van der Waals surface area contributed by atoms with Gasteiger partial charge in [-0.25, -0.2) is 9.59 Å². The maximum Gasteiger partial charge on any atom is 0.433 e. The zero-order chi connectivity index (χ0) is 17.3. The summed E-state index contributed by atoms with van der Waals surface area (Å²) in [6, 6.07) is 5.85. The Balaban J connectivity index is 1.97. The van der Waals surface area contributed by atoms with Crippen LogP contribution in [0.5, 0.6) is 0 Å². The summed E-state index contributed by atoms with van der Waals surface area (Å²) < 4.78 is 2.03. The first-order valence-corrected chi connectivity index (χ1v) is 7.54. The van der Waals surface area contributed by atoms with Crippen LogP contribution < -0.4 is 10.6 Å². The van der Waals surface area contributed by atoms with Gasteiger partial charge in [-0.2, -0.15) is 0 Å². The molecular weight excluding hydrogens is 312 g/mol. The molecular formula is C16H18N4O4. The number of oxime groups is 1. The fraction of sp³-hybridized carbons (Fsp3) is 0.312. The van der Waals surface area contributed by atoms with Crippen molar-refractivity contribution in [1.82, 2.24) is 15.2 Å². The lowest BCUT2D eigenvalue weighted by Crippen LogP contribution is -2.19. The monoisotopic (exact) mass is 330 g/mol. The third kappa shape index (κ3) is 2.78. The SMILES string of the molecule is CNC(=O)ON=C1CCc2c1n(C)c1ccc(CNC(=O)O)cc21. The van der Waals surface area contributed by atoms with E-state index in [9.17, 15) is 9.59 Å². The van der Waals surface area contributed by atoms with Gasteiger partial charge >= 0.3 is 12.2 Å². The summed E-state index contributed by atoms with van der Waals surface area (Å²) in [4.78, 5) is 26.7. The number of rotatable bonds is 3. The van der Waals surface area contributed by atoms with Crippen LogP contribution >= 0.6 is 0 Å². The normalized spacial score (nSPS) is 14.7. The number of amides is 2. The van der Waals surface area contributed by atoms with Crippen molar-refractivity contribution in [1.29, 1.82) is 0 Å². The predicted octanol–water partition coefficient (Wildman–Crippen LogP) is 1.95. The van der Waals surface area contributed by atoms with Crippen LogP contribution in [0.2, 0.25) is 0 Å². The standard InChI is InChI=1S/C16H18N4O4/c1-17-16(23)24-19-12-5-4-10-11-7-9(8-18-15(21)22)3-6-13(11)20(2)14(10)12/h3,6-7,18H,4-5,8H2,1-2H3,(H,17,23)(H,21,22). The Hall–Kier alpha value is -3.03. The molecule has 1 aliphatic carbocycles. The van der Waals surface area contributed by atoms with Crippen molar-refractivity contribution in [2.45, 2.75) is 19.4 Å². The van der Waals surface area contributed by atoms with Crippen LogP contribution in [0.4, 0.5) is 9.59 Å². The largest absolute Gasteiger partial charge is 0.465 e. The van der Waals surface area contributed by atoms with E-state index in [-0.39, 0.29) is 6.54 Å².